The van der Waals surface area contributed by atoms with Crippen molar-refractivity contribution in [2.75, 3.05) is 57.4 Å². The summed E-state index contributed by atoms with van der Waals surface area (Å²) in [6.07, 6.45) is -1.98. The van der Waals surface area contributed by atoms with E-state index in [0.29, 0.717) is 38.5 Å². The number of piperazine rings is 1. The fourth-order valence-corrected chi connectivity index (χ4v) is 8.64. The van der Waals surface area contributed by atoms with Gasteiger partial charge in [-0.1, -0.05) is 29.8 Å². The molecule has 3 unspecified atom stereocenters. The molecule has 4 aliphatic heterocycles. The monoisotopic (exact) mass is 701 g/mol. The first-order chi connectivity index (χ1) is 23.4. The van der Waals surface area contributed by atoms with Crippen LogP contribution in [0.5, 0.6) is 0 Å². The van der Waals surface area contributed by atoms with Crippen molar-refractivity contribution in [3.05, 3.63) is 58.1 Å². The Morgan fingerprint density at radius 1 is 1.00 bits per heavy atom. The van der Waals surface area contributed by atoms with Crippen molar-refractivity contribution in [3.8, 4) is 0 Å². The lowest BCUT2D eigenvalue weighted by atomic mass is 9.92. The maximum Gasteiger partial charge on any atom is 0.418 e. The van der Waals surface area contributed by atoms with E-state index in [1.54, 1.807) is 4.90 Å². The van der Waals surface area contributed by atoms with Crippen LogP contribution in [0.15, 0.2) is 36.4 Å². The van der Waals surface area contributed by atoms with E-state index < -0.39 is 23.3 Å². The van der Waals surface area contributed by atoms with Gasteiger partial charge in [-0.15, -0.1) is 0 Å². The summed E-state index contributed by atoms with van der Waals surface area (Å²) in [5, 5.41) is 2.72. The van der Waals surface area contributed by atoms with E-state index in [-0.39, 0.29) is 59.4 Å². The summed E-state index contributed by atoms with van der Waals surface area (Å²) in [4.78, 5) is 50.9. The highest BCUT2D eigenvalue weighted by molar-refractivity contribution is 6.33. The number of nitrogens with two attached hydrogens (primary N) is 1. The highest BCUT2D eigenvalue weighted by Gasteiger charge is 2.58. The summed E-state index contributed by atoms with van der Waals surface area (Å²) < 4.78 is 41.5. The van der Waals surface area contributed by atoms with Gasteiger partial charge >= 0.3 is 12.2 Å². The zero-order valence-electron chi connectivity index (χ0n) is 27.6. The lowest BCUT2D eigenvalue weighted by Gasteiger charge is -2.40. The molecule has 4 heterocycles. The number of halogens is 4. The second-order valence-corrected chi connectivity index (χ2v) is 14.7. The van der Waals surface area contributed by atoms with E-state index in [1.165, 1.54) is 6.07 Å². The number of amides is 4. The van der Waals surface area contributed by atoms with Gasteiger partial charge in [-0.25, -0.2) is 4.79 Å². The minimum atomic E-state index is -4.72. The van der Waals surface area contributed by atoms with Gasteiger partial charge in [-0.2, -0.15) is 13.2 Å². The minimum Gasteiger partial charge on any atom is -0.397 e. The maximum absolute atomic E-state index is 14.1. The van der Waals surface area contributed by atoms with Gasteiger partial charge in [0.2, 0.25) is 11.8 Å². The number of likely N-dealkylation sites (N-methyl/N-ethyl adjacent to an activating group) is 1. The molecule has 1 saturated carbocycles. The minimum absolute atomic E-state index is 0.0438. The zero-order chi connectivity index (χ0) is 34.6. The predicted molar refractivity (Wildman–Crippen MR) is 180 cm³/mol. The summed E-state index contributed by atoms with van der Waals surface area (Å²) in [6.45, 7) is 5.36. The Morgan fingerprint density at radius 2 is 1.67 bits per heavy atom. The van der Waals surface area contributed by atoms with E-state index in [0.717, 1.165) is 56.3 Å². The normalized spacial score (nSPS) is 25.5. The topological polar surface area (TPSA) is 105 Å². The standard InChI is InChI=1S/C35H43ClF3N7O3/c1-42-10-12-43(13-11-42)25-18-29-30(19-25)46(29)33(48)23(14-21-15-26(35(37,38)39)32(40)27(36)16-21)17-31(47)44-8-6-24(7-9-44)45-20-22-4-2-3-5-28(22)41-34(45)49/h2-5,15-16,23-25,29-30H,6-14,17-20,40H2,1H3,(H,41,49). The maximum atomic E-state index is 14.1. The fourth-order valence-electron chi connectivity index (χ4n) is 8.39. The molecular weight excluding hydrogens is 659 g/mol. The van der Waals surface area contributed by atoms with Gasteiger partial charge < -0.3 is 30.7 Å². The number of fused-ring (bicyclic) bond motifs is 2. The molecule has 2 aromatic rings. The highest BCUT2D eigenvalue weighted by Crippen LogP contribution is 2.46. The number of urea groups is 1. The number of rotatable bonds is 7. The SMILES string of the molecule is CN1CCN(C2CC3C(C2)N3C(=O)C(CC(=O)N2CCC(N3Cc4ccccc4NC3=O)CC2)Cc2cc(Cl)c(N)c(C(F)(F)F)c2)CC1. The number of alkyl halides is 3. The van der Waals surface area contributed by atoms with Crippen LogP contribution >= 0.6 is 11.6 Å². The van der Waals surface area contributed by atoms with Crippen LogP contribution < -0.4 is 11.1 Å². The number of carbonyl (C=O) groups excluding carboxylic acids is 3. The molecule has 14 heteroatoms. The van der Waals surface area contributed by atoms with Gasteiger partial charge in [-0.05, 0) is 68.5 Å². The number of carbonyl (C=O) groups is 3. The molecule has 49 heavy (non-hydrogen) atoms. The van der Waals surface area contributed by atoms with E-state index >= 15 is 0 Å². The molecule has 3 atom stereocenters. The first-order valence-electron chi connectivity index (χ1n) is 17.2. The van der Waals surface area contributed by atoms with Gasteiger partial charge in [0.1, 0.15) is 0 Å². The van der Waals surface area contributed by atoms with E-state index in [1.807, 2.05) is 34.1 Å². The third-order valence-electron chi connectivity index (χ3n) is 11.3. The molecule has 5 aliphatic rings. The van der Waals surface area contributed by atoms with Gasteiger partial charge in [-0.3, -0.25) is 14.5 Å². The molecule has 264 valence electrons. The summed E-state index contributed by atoms with van der Waals surface area (Å²) in [7, 11) is 2.12. The van der Waals surface area contributed by atoms with Crippen molar-refractivity contribution in [2.24, 2.45) is 5.92 Å². The molecule has 4 fully saturated rings. The number of para-hydroxylation sites is 1. The van der Waals surface area contributed by atoms with E-state index in [9.17, 15) is 27.6 Å². The lowest BCUT2D eigenvalue weighted by Crippen LogP contribution is -2.51. The largest absolute Gasteiger partial charge is 0.418 e. The zero-order valence-corrected chi connectivity index (χ0v) is 28.3. The van der Waals surface area contributed by atoms with Crippen molar-refractivity contribution in [3.63, 3.8) is 0 Å². The average Bonchev–Trinajstić information content (AvgIpc) is 3.57. The summed E-state index contributed by atoms with van der Waals surface area (Å²) >= 11 is 6.15. The summed E-state index contributed by atoms with van der Waals surface area (Å²) in [5.41, 5.74) is 6.15. The Kier molecular flexibility index (Phi) is 9.20. The quantitative estimate of drug-likeness (QED) is 0.325. The van der Waals surface area contributed by atoms with Crippen LogP contribution in [-0.2, 0) is 28.7 Å². The smallest absolute Gasteiger partial charge is 0.397 e. The molecule has 0 spiro atoms. The number of anilines is 2. The second kappa shape index (κ2) is 13.3. The second-order valence-electron chi connectivity index (χ2n) is 14.3. The Bertz CT molecular complexity index is 1600. The number of nitrogens with one attached hydrogen (secondary N) is 1. The Balaban J connectivity index is 1.02. The Labute approximate surface area is 289 Å². The lowest BCUT2D eigenvalue weighted by molar-refractivity contribution is -0.140. The average molecular weight is 702 g/mol. The third-order valence-corrected chi connectivity index (χ3v) is 11.6. The van der Waals surface area contributed by atoms with Crippen molar-refractivity contribution in [1.29, 1.82) is 0 Å². The van der Waals surface area contributed by atoms with Gasteiger partial charge in [0.15, 0.2) is 0 Å². The molecule has 10 nitrogen and oxygen atoms in total. The molecule has 0 bridgehead atoms. The number of nitrogen functional groups attached to an aromatic ring is 1. The van der Waals surface area contributed by atoms with E-state index in [4.69, 9.17) is 17.3 Å². The van der Waals surface area contributed by atoms with Crippen LogP contribution in [0.4, 0.5) is 29.3 Å². The van der Waals surface area contributed by atoms with Crippen molar-refractivity contribution >= 4 is 40.8 Å². The van der Waals surface area contributed by atoms with Crippen molar-refractivity contribution < 1.29 is 27.6 Å². The Morgan fingerprint density at radius 3 is 2.35 bits per heavy atom. The molecular formula is C35H43ClF3N7O3. The first-order valence-corrected chi connectivity index (χ1v) is 17.6. The fraction of sp³-hybridized carbons (Fsp3) is 0.571. The van der Waals surface area contributed by atoms with Crippen molar-refractivity contribution in [2.45, 2.75) is 75.4 Å². The number of benzene rings is 2. The summed E-state index contributed by atoms with van der Waals surface area (Å²) in [5.74, 6) is -1.26. The molecule has 3 N–H and O–H groups in total. The Hall–Kier alpha value is -3.55. The first kappa shape index (κ1) is 33.9. The van der Waals surface area contributed by atoms with E-state index in [2.05, 4.69) is 22.2 Å². The van der Waals surface area contributed by atoms with Crippen molar-refractivity contribution in [1.82, 2.24) is 24.5 Å². The van der Waals surface area contributed by atoms with Gasteiger partial charge in [0.25, 0.3) is 0 Å². The molecule has 7 rings (SSSR count). The summed E-state index contributed by atoms with van der Waals surface area (Å²) in [6, 6.07) is 10.4. The van der Waals surface area contributed by atoms with Crippen LogP contribution in [0.2, 0.25) is 5.02 Å². The number of likely N-dealkylation sites (tertiary alicyclic amines) is 2. The molecule has 1 aliphatic carbocycles. The molecule has 4 amide bonds. The molecule has 3 saturated heterocycles. The number of piperidine rings is 2. The van der Waals surface area contributed by atoms with Crippen LogP contribution in [0.3, 0.4) is 0 Å². The molecule has 0 radical (unpaired) electrons. The predicted octanol–water partition coefficient (Wildman–Crippen LogP) is 4.52. The van der Waals surface area contributed by atoms with Crippen LogP contribution in [0.25, 0.3) is 0 Å². The van der Waals surface area contributed by atoms with Gasteiger partial charge in [0, 0.05) is 70.0 Å². The van der Waals surface area contributed by atoms with Gasteiger partial charge in [0.05, 0.1) is 34.3 Å². The number of hydrogen-bond acceptors (Lipinski definition) is 6. The van der Waals surface area contributed by atoms with Crippen LogP contribution in [-0.4, -0.2) is 113 Å². The van der Waals surface area contributed by atoms with Crippen LogP contribution in [0.1, 0.15) is 48.8 Å². The third kappa shape index (κ3) is 6.94. The number of hydrogen-bond donors (Lipinski definition) is 2. The molecule has 0 aromatic heterocycles. The number of nitrogens with zero attached hydrogens (tertiary/aromatic N) is 5. The molecule has 2 aromatic carbocycles. The van der Waals surface area contributed by atoms with Crippen LogP contribution in [0, 0.1) is 5.92 Å². The highest BCUT2D eigenvalue weighted by atomic mass is 35.5.